The molecule has 0 spiro atoms. The number of nitrogens with one attached hydrogen (secondary N) is 1. The number of benzene rings is 2. The van der Waals surface area contributed by atoms with E-state index in [0.717, 1.165) is 30.0 Å². The van der Waals surface area contributed by atoms with Gasteiger partial charge in [0.05, 0.1) is 46.3 Å². The third-order valence-electron chi connectivity index (χ3n) is 7.20. The number of carbonyl (C=O) groups excluding carboxylic acids is 2. The summed E-state index contributed by atoms with van der Waals surface area (Å²) >= 11 is 0. The van der Waals surface area contributed by atoms with Crippen LogP contribution in [-0.4, -0.2) is 106 Å². The van der Waals surface area contributed by atoms with E-state index in [1.165, 1.54) is 5.01 Å². The van der Waals surface area contributed by atoms with E-state index in [4.69, 9.17) is 24.0 Å². The summed E-state index contributed by atoms with van der Waals surface area (Å²) in [6.45, 7) is 7.70. The highest BCUT2D eigenvalue weighted by atomic mass is 16.5. The van der Waals surface area contributed by atoms with E-state index < -0.39 is 0 Å². The number of hydrogen-bond acceptors (Lipinski definition) is 8. The third kappa shape index (κ3) is 7.68. The van der Waals surface area contributed by atoms with Crippen LogP contribution in [0, 0.1) is 0 Å². The second-order valence-corrected chi connectivity index (χ2v) is 10.3. The van der Waals surface area contributed by atoms with Gasteiger partial charge in [0.1, 0.15) is 23.8 Å². The number of hydrazone groups is 1. The molecule has 0 radical (unpaired) electrons. The van der Waals surface area contributed by atoms with E-state index in [1.54, 1.807) is 32.3 Å². The summed E-state index contributed by atoms with van der Waals surface area (Å²) in [5.41, 5.74) is 2.41. The van der Waals surface area contributed by atoms with Gasteiger partial charge in [-0.05, 0) is 43.7 Å². The zero-order valence-corrected chi connectivity index (χ0v) is 24.6. The SMILES string of the molecule is COc1ccc(C2CC(c3ccc(OC)cc3OC)=NN2C(=O)CN(CCN2CCOCC2)C(=O)NC(C)C)cc1. The molecule has 2 aliphatic rings. The fraction of sp³-hybridized carbons (Fsp3) is 0.500. The van der Waals surface area contributed by atoms with Crippen molar-refractivity contribution in [3.8, 4) is 17.2 Å². The zero-order chi connectivity index (χ0) is 29.4. The molecule has 2 aromatic carbocycles. The van der Waals surface area contributed by atoms with E-state index >= 15 is 0 Å². The average Bonchev–Trinajstić information content (AvgIpc) is 3.44. The average molecular weight is 568 g/mol. The van der Waals surface area contributed by atoms with E-state index in [9.17, 15) is 9.59 Å². The van der Waals surface area contributed by atoms with Crippen LogP contribution in [-0.2, 0) is 9.53 Å². The first-order valence-corrected chi connectivity index (χ1v) is 13.9. The second kappa shape index (κ2) is 14.2. The highest BCUT2D eigenvalue weighted by Gasteiger charge is 2.35. The predicted octanol–water partition coefficient (Wildman–Crippen LogP) is 3.14. The van der Waals surface area contributed by atoms with Gasteiger partial charge >= 0.3 is 6.03 Å². The Morgan fingerprint density at radius 3 is 2.34 bits per heavy atom. The minimum atomic E-state index is -0.357. The number of ether oxygens (including phenoxy) is 4. The van der Waals surface area contributed by atoms with Crippen molar-refractivity contribution in [3.05, 3.63) is 53.6 Å². The van der Waals surface area contributed by atoms with E-state index in [-0.39, 0.29) is 30.6 Å². The Bertz CT molecular complexity index is 1210. The Hall–Kier alpha value is -3.83. The fourth-order valence-corrected chi connectivity index (χ4v) is 4.94. The number of urea groups is 1. The van der Waals surface area contributed by atoms with Crippen LogP contribution in [0.25, 0.3) is 0 Å². The number of methoxy groups -OCH3 is 3. The molecule has 2 aromatic rings. The molecule has 0 aromatic heterocycles. The lowest BCUT2D eigenvalue weighted by Gasteiger charge is -2.31. The molecule has 1 N–H and O–H groups in total. The van der Waals surface area contributed by atoms with Gasteiger partial charge in [-0.25, -0.2) is 9.80 Å². The Morgan fingerprint density at radius 2 is 1.71 bits per heavy atom. The largest absolute Gasteiger partial charge is 0.497 e. The van der Waals surface area contributed by atoms with Gasteiger partial charge < -0.3 is 29.2 Å². The molecule has 11 nitrogen and oxygen atoms in total. The molecule has 41 heavy (non-hydrogen) atoms. The highest BCUT2D eigenvalue weighted by Crippen LogP contribution is 2.36. The Balaban J connectivity index is 1.61. The molecule has 3 amide bonds. The Kier molecular flexibility index (Phi) is 10.4. The molecule has 1 atom stereocenters. The molecule has 1 saturated heterocycles. The second-order valence-electron chi connectivity index (χ2n) is 10.3. The van der Waals surface area contributed by atoms with Crippen molar-refractivity contribution >= 4 is 17.6 Å². The molecular formula is C30H41N5O6. The van der Waals surface area contributed by atoms with E-state index in [2.05, 4.69) is 10.2 Å². The maximum absolute atomic E-state index is 13.9. The Labute approximate surface area is 242 Å². The van der Waals surface area contributed by atoms with Crippen LogP contribution >= 0.6 is 0 Å². The molecule has 0 saturated carbocycles. The maximum atomic E-state index is 13.9. The quantitative estimate of drug-likeness (QED) is 0.445. The highest BCUT2D eigenvalue weighted by molar-refractivity contribution is 6.05. The monoisotopic (exact) mass is 567 g/mol. The molecule has 222 valence electrons. The molecule has 0 aliphatic carbocycles. The van der Waals surface area contributed by atoms with Crippen LogP contribution in [0.2, 0.25) is 0 Å². The van der Waals surface area contributed by atoms with Gasteiger partial charge in [0, 0.05) is 50.3 Å². The molecule has 1 fully saturated rings. The number of hydrogen-bond donors (Lipinski definition) is 1. The lowest BCUT2D eigenvalue weighted by molar-refractivity contribution is -0.133. The van der Waals surface area contributed by atoms with Crippen molar-refractivity contribution in [3.63, 3.8) is 0 Å². The lowest BCUT2D eigenvalue weighted by atomic mass is 9.97. The molecule has 2 heterocycles. The van der Waals surface area contributed by atoms with Gasteiger partial charge in [0.15, 0.2) is 0 Å². The number of carbonyl (C=O) groups is 2. The topological polar surface area (TPSA) is 105 Å². The zero-order valence-electron chi connectivity index (χ0n) is 24.6. The third-order valence-corrected chi connectivity index (χ3v) is 7.20. The maximum Gasteiger partial charge on any atom is 0.318 e. The summed E-state index contributed by atoms with van der Waals surface area (Å²) in [5.74, 6) is 1.72. The number of morpholine rings is 1. The van der Waals surface area contributed by atoms with Crippen molar-refractivity contribution < 1.29 is 28.5 Å². The standard InChI is InChI=1S/C30H41N5O6/c1-21(2)31-30(37)34(13-12-33-14-16-41-17-15-33)20-29(36)35-27(22-6-8-23(38-3)9-7-22)19-26(32-35)25-11-10-24(39-4)18-28(25)40-5/h6-11,18,21,27H,12-17,19-20H2,1-5H3,(H,31,37). The van der Waals surface area contributed by atoms with Crippen LogP contribution in [0.3, 0.4) is 0 Å². The first kappa shape index (κ1) is 30.1. The first-order valence-electron chi connectivity index (χ1n) is 13.9. The summed E-state index contributed by atoms with van der Waals surface area (Å²) in [5, 5.41) is 9.25. The van der Waals surface area contributed by atoms with Crippen molar-refractivity contribution in [2.75, 3.05) is 67.3 Å². The molecule has 11 heteroatoms. The van der Waals surface area contributed by atoms with Gasteiger partial charge in [0.2, 0.25) is 0 Å². The molecule has 2 aliphatic heterocycles. The minimum absolute atomic E-state index is 0.0607. The van der Waals surface area contributed by atoms with E-state index in [0.29, 0.717) is 49.9 Å². The van der Waals surface area contributed by atoms with Gasteiger partial charge in [-0.3, -0.25) is 9.69 Å². The summed E-state index contributed by atoms with van der Waals surface area (Å²) in [6.07, 6.45) is 0.479. The van der Waals surface area contributed by atoms with Crippen molar-refractivity contribution in [2.24, 2.45) is 5.10 Å². The van der Waals surface area contributed by atoms with Crippen LogP contribution in [0.1, 0.15) is 37.4 Å². The van der Waals surface area contributed by atoms with Crippen LogP contribution < -0.4 is 19.5 Å². The summed E-state index contributed by atoms with van der Waals surface area (Å²) < 4.78 is 21.8. The van der Waals surface area contributed by atoms with Crippen molar-refractivity contribution in [1.29, 1.82) is 0 Å². The first-order chi connectivity index (χ1) is 19.8. The van der Waals surface area contributed by atoms with Gasteiger partial charge in [-0.2, -0.15) is 5.10 Å². The lowest BCUT2D eigenvalue weighted by Crippen LogP contribution is -2.50. The fourth-order valence-electron chi connectivity index (χ4n) is 4.94. The Morgan fingerprint density at radius 1 is 1.02 bits per heavy atom. The normalized spacial score (nSPS) is 17.3. The van der Waals surface area contributed by atoms with Crippen molar-refractivity contribution in [2.45, 2.75) is 32.4 Å². The summed E-state index contributed by atoms with van der Waals surface area (Å²) in [7, 11) is 4.81. The number of nitrogens with zero attached hydrogens (tertiary/aromatic N) is 4. The van der Waals surface area contributed by atoms with Crippen LogP contribution in [0.5, 0.6) is 17.2 Å². The number of amides is 3. The number of rotatable bonds is 11. The molecule has 4 rings (SSSR count). The van der Waals surface area contributed by atoms with Crippen molar-refractivity contribution in [1.82, 2.24) is 20.1 Å². The molecule has 0 bridgehead atoms. The molecule has 1 unspecified atom stereocenters. The van der Waals surface area contributed by atoms with Crippen LogP contribution in [0.4, 0.5) is 4.79 Å². The van der Waals surface area contributed by atoms with Gasteiger partial charge in [-0.1, -0.05) is 12.1 Å². The van der Waals surface area contributed by atoms with E-state index in [1.807, 2.05) is 50.2 Å². The minimum Gasteiger partial charge on any atom is -0.497 e. The summed E-state index contributed by atoms with van der Waals surface area (Å²) in [4.78, 5) is 30.9. The van der Waals surface area contributed by atoms with Crippen LogP contribution in [0.15, 0.2) is 47.6 Å². The van der Waals surface area contributed by atoms with Gasteiger partial charge in [-0.15, -0.1) is 0 Å². The molecular weight excluding hydrogens is 526 g/mol. The predicted molar refractivity (Wildman–Crippen MR) is 156 cm³/mol. The summed E-state index contributed by atoms with van der Waals surface area (Å²) in [6, 6.07) is 12.5. The van der Waals surface area contributed by atoms with Gasteiger partial charge in [0.25, 0.3) is 5.91 Å². The smallest absolute Gasteiger partial charge is 0.318 e.